The van der Waals surface area contributed by atoms with Crippen LogP contribution in [0.25, 0.3) is 0 Å². The lowest BCUT2D eigenvalue weighted by Gasteiger charge is -2.11. The average Bonchev–Trinajstić information content (AvgIpc) is 2.68. The van der Waals surface area contributed by atoms with Gasteiger partial charge in [-0.05, 0) is 54.1 Å². The zero-order chi connectivity index (χ0) is 19.9. The Morgan fingerprint density at radius 1 is 1.07 bits per heavy atom. The Morgan fingerprint density at radius 3 is 2.54 bits per heavy atom. The van der Waals surface area contributed by atoms with Gasteiger partial charge in [0.2, 0.25) is 0 Å². The van der Waals surface area contributed by atoms with Crippen molar-refractivity contribution in [3.05, 3.63) is 87.6 Å². The zero-order valence-corrected chi connectivity index (χ0v) is 17.1. The number of halogens is 3. The van der Waals surface area contributed by atoms with Gasteiger partial charge < -0.3 is 15.4 Å². The summed E-state index contributed by atoms with van der Waals surface area (Å²) >= 11 is 9.65. The van der Waals surface area contributed by atoms with E-state index in [9.17, 15) is 9.18 Å². The Hall–Kier alpha value is -2.57. The van der Waals surface area contributed by atoms with Crippen LogP contribution >= 0.6 is 27.5 Å². The molecule has 0 fully saturated rings. The summed E-state index contributed by atoms with van der Waals surface area (Å²) in [5.74, 6) is -0.587. The summed E-state index contributed by atoms with van der Waals surface area (Å²) in [7, 11) is 0. The highest BCUT2D eigenvalue weighted by atomic mass is 79.9. The van der Waals surface area contributed by atoms with Gasteiger partial charge in [0.25, 0.3) is 5.91 Å². The molecule has 28 heavy (non-hydrogen) atoms. The fourth-order valence-corrected chi connectivity index (χ4v) is 2.96. The van der Waals surface area contributed by atoms with Crippen molar-refractivity contribution in [1.82, 2.24) is 0 Å². The van der Waals surface area contributed by atoms with Gasteiger partial charge in [0, 0.05) is 16.7 Å². The van der Waals surface area contributed by atoms with Gasteiger partial charge in [-0.1, -0.05) is 45.7 Å². The normalized spacial score (nSPS) is 10.4. The fraction of sp³-hybridized carbons (Fsp3) is 0.0952. The molecule has 0 spiro atoms. The largest absolute Gasteiger partial charge is 0.482 e. The molecule has 0 unspecified atom stereocenters. The summed E-state index contributed by atoms with van der Waals surface area (Å²) in [6, 6.07) is 19.1. The fourth-order valence-electron chi connectivity index (χ4n) is 2.44. The van der Waals surface area contributed by atoms with E-state index in [0.29, 0.717) is 17.3 Å². The van der Waals surface area contributed by atoms with Crippen molar-refractivity contribution in [1.29, 1.82) is 0 Å². The SMILES string of the molecule is O=C(COc1ccc(CNc2ccc(Br)cc2)cc1Cl)Nc1ccccc1F. The molecule has 0 atom stereocenters. The van der Waals surface area contributed by atoms with Crippen LogP contribution in [0.15, 0.2) is 71.2 Å². The first kappa shape index (κ1) is 20.2. The van der Waals surface area contributed by atoms with Gasteiger partial charge >= 0.3 is 0 Å². The predicted molar refractivity (Wildman–Crippen MR) is 113 cm³/mol. The van der Waals surface area contributed by atoms with Crippen LogP contribution in [0.5, 0.6) is 5.75 Å². The third kappa shape index (κ3) is 5.71. The number of ether oxygens (including phenoxy) is 1. The van der Waals surface area contributed by atoms with Crippen molar-refractivity contribution in [3.8, 4) is 5.75 Å². The van der Waals surface area contributed by atoms with Crippen LogP contribution in [0.1, 0.15) is 5.56 Å². The molecule has 3 aromatic rings. The topological polar surface area (TPSA) is 50.4 Å². The average molecular weight is 464 g/mol. The lowest BCUT2D eigenvalue weighted by Crippen LogP contribution is -2.20. The minimum Gasteiger partial charge on any atom is -0.482 e. The van der Waals surface area contributed by atoms with Crippen LogP contribution < -0.4 is 15.4 Å². The van der Waals surface area contributed by atoms with Crippen molar-refractivity contribution in [2.45, 2.75) is 6.54 Å². The standard InChI is InChI=1S/C21H17BrClFN2O2/c22-15-6-8-16(9-7-15)25-12-14-5-10-20(17(23)11-14)28-13-21(27)26-19-4-2-1-3-18(19)24/h1-11,25H,12-13H2,(H,26,27). The minimum atomic E-state index is -0.503. The van der Waals surface area contributed by atoms with E-state index in [1.165, 1.54) is 12.1 Å². The number of carbonyl (C=O) groups excluding carboxylic acids is 1. The van der Waals surface area contributed by atoms with Crippen LogP contribution in [0.4, 0.5) is 15.8 Å². The Bertz CT molecular complexity index is 967. The predicted octanol–water partition coefficient (Wildman–Crippen LogP) is 5.87. The van der Waals surface area contributed by atoms with E-state index in [-0.39, 0.29) is 12.3 Å². The second-order valence-corrected chi connectivity index (χ2v) is 7.26. The molecular weight excluding hydrogens is 447 g/mol. The molecule has 0 aliphatic carbocycles. The summed E-state index contributed by atoms with van der Waals surface area (Å²) in [6.45, 7) is 0.319. The molecule has 144 valence electrons. The van der Waals surface area contributed by atoms with E-state index < -0.39 is 11.7 Å². The van der Waals surface area contributed by atoms with Crippen molar-refractivity contribution in [2.75, 3.05) is 17.2 Å². The highest BCUT2D eigenvalue weighted by Gasteiger charge is 2.09. The Balaban J connectivity index is 1.53. The van der Waals surface area contributed by atoms with Crippen LogP contribution in [0.3, 0.4) is 0 Å². The maximum Gasteiger partial charge on any atom is 0.262 e. The van der Waals surface area contributed by atoms with Gasteiger partial charge in [-0.2, -0.15) is 0 Å². The van der Waals surface area contributed by atoms with Gasteiger partial charge in [0.15, 0.2) is 6.61 Å². The van der Waals surface area contributed by atoms with Crippen molar-refractivity contribution >= 4 is 44.8 Å². The Kier molecular flexibility index (Phi) is 6.90. The van der Waals surface area contributed by atoms with E-state index in [1.54, 1.807) is 24.3 Å². The second kappa shape index (κ2) is 9.57. The number of amides is 1. The molecule has 2 N–H and O–H groups in total. The number of nitrogens with one attached hydrogen (secondary N) is 2. The van der Waals surface area contributed by atoms with Crippen LogP contribution in [-0.4, -0.2) is 12.5 Å². The van der Waals surface area contributed by atoms with E-state index >= 15 is 0 Å². The summed E-state index contributed by atoms with van der Waals surface area (Å²) < 4.78 is 20.0. The Morgan fingerprint density at radius 2 is 1.82 bits per heavy atom. The monoisotopic (exact) mass is 462 g/mol. The van der Waals surface area contributed by atoms with Crippen molar-refractivity contribution in [2.24, 2.45) is 0 Å². The van der Waals surface area contributed by atoms with Gasteiger partial charge in [-0.3, -0.25) is 4.79 Å². The van der Waals surface area contributed by atoms with E-state index in [1.807, 2.05) is 30.3 Å². The van der Waals surface area contributed by atoms with Crippen molar-refractivity contribution < 1.29 is 13.9 Å². The first-order valence-electron chi connectivity index (χ1n) is 8.46. The first-order chi connectivity index (χ1) is 13.5. The molecule has 0 saturated carbocycles. The number of anilines is 2. The lowest BCUT2D eigenvalue weighted by atomic mass is 10.2. The maximum atomic E-state index is 13.6. The lowest BCUT2D eigenvalue weighted by molar-refractivity contribution is -0.118. The third-order valence-electron chi connectivity index (χ3n) is 3.84. The molecule has 0 aromatic heterocycles. The Labute approximate surface area is 175 Å². The molecule has 0 saturated heterocycles. The molecule has 4 nitrogen and oxygen atoms in total. The first-order valence-corrected chi connectivity index (χ1v) is 9.63. The number of hydrogen-bond acceptors (Lipinski definition) is 3. The summed E-state index contributed by atoms with van der Waals surface area (Å²) in [5, 5.41) is 6.15. The van der Waals surface area contributed by atoms with Gasteiger partial charge in [-0.15, -0.1) is 0 Å². The second-order valence-electron chi connectivity index (χ2n) is 5.94. The number of carbonyl (C=O) groups is 1. The highest BCUT2D eigenvalue weighted by molar-refractivity contribution is 9.10. The van der Waals surface area contributed by atoms with Crippen LogP contribution in [-0.2, 0) is 11.3 Å². The van der Waals surface area contributed by atoms with Gasteiger partial charge in [0.1, 0.15) is 11.6 Å². The number of benzene rings is 3. The molecule has 0 aliphatic rings. The van der Waals surface area contributed by atoms with Gasteiger partial charge in [-0.25, -0.2) is 4.39 Å². The molecule has 1 amide bonds. The number of rotatable bonds is 7. The van der Waals surface area contributed by atoms with Crippen LogP contribution in [0, 0.1) is 5.82 Å². The minimum absolute atomic E-state index is 0.108. The van der Waals surface area contributed by atoms with E-state index in [0.717, 1.165) is 15.7 Å². The summed E-state index contributed by atoms with van der Waals surface area (Å²) in [4.78, 5) is 11.9. The molecule has 0 aliphatic heterocycles. The molecule has 7 heteroatoms. The van der Waals surface area contributed by atoms with E-state index in [4.69, 9.17) is 16.3 Å². The third-order valence-corrected chi connectivity index (χ3v) is 4.67. The highest BCUT2D eigenvalue weighted by Crippen LogP contribution is 2.26. The molecule has 3 aromatic carbocycles. The smallest absolute Gasteiger partial charge is 0.262 e. The molecule has 0 heterocycles. The van der Waals surface area contributed by atoms with Crippen LogP contribution in [0.2, 0.25) is 5.02 Å². The maximum absolute atomic E-state index is 13.6. The number of hydrogen-bond donors (Lipinski definition) is 2. The molecule has 0 radical (unpaired) electrons. The zero-order valence-electron chi connectivity index (χ0n) is 14.7. The molecular formula is C21H17BrClFN2O2. The molecule has 0 bridgehead atoms. The van der Waals surface area contributed by atoms with E-state index in [2.05, 4.69) is 26.6 Å². The summed E-state index contributed by atoms with van der Waals surface area (Å²) in [6.07, 6.45) is 0. The number of para-hydroxylation sites is 1. The summed E-state index contributed by atoms with van der Waals surface area (Å²) in [5.41, 5.74) is 2.07. The van der Waals surface area contributed by atoms with Crippen molar-refractivity contribution in [3.63, 3.8) is 0 Å². The van der Waals surface area contributed by atoms with Gasteiger partial charge in [0.05, 0.1) is 10.7 Å². The quantitative estimate of drug-likeness (QED) is 0.461. The molecule has 3 rings (SSSR count).